The van der Waals surface area contributed by atoms with Gasteiger partial charge >= 0.3 is 0 Å². The molecular formula is C13H25NO. The minimum Gasteiger partial charge on any atom is -0.375 e. The first-order valence-electron chi connectivity index (χ1n) is 6.65. The molecule has 2 rings (SSSR count). The fraction of sp³-hybridized carbons (Fsp3) is 1.00. The lowest BCUT2D eigenvalue weighted by atomic mass is 9.88. The molecule has 0 saturated heterocycles. The van der Waals surface area contributed by atoms with Crippen LogP contribution in [0.4, 0.5) is 0 Å². The molecular weight excluding hydrogens is 186 g/mol. The van der Waals surface area contributed by atoms with Crippen LogP contribution in [0.2, 0.25) is 0 Å². The van der Waals surface area contributed by atoms with E-state index in [1.807, 2.05) is 0 Å². The van der Waals surface area contributed by atoms with E-state index in [0.717, 1.165) is 12.5 Å². The summed E-state index contributed by atoms with van der Waals surface area (Å²) < 4.78 is 6.22. The van der Waals surface area contributed by atoms with Gasteiger partial charge in [-0.25, -0.2) is 0 Å². The molecule has 0 bridgehead atoms. The molecule has 15 heavy (non-hydrogen) atoms. The van der Waals surface area contributed by atoms with Gasteiger partial charge in [-0.05, 0) is 56.9 Å². The highest BCUT2D eigenvalue weighted by Crippen LogP contribution is 2.32. The SMILES string of the molecule is CC1CCC(OC2CCCC2CN)CC1. The standard InChI is InChI=1S/C13H25NO/c1-10-5-7-12(8-6-10)15-13-4-2-3-11(13)9-14/h10-13H,2-9,14H2,1H3. The summed E-state index contributed by atoms with van der Waals surface area (Å²) in [7, 11) is 0. The molecule has 2 atom stereocenters. The smallest absolute Gasteiger partial charge is 0.0619 e. The molecule has 2 N–H and O–H groups in total. The molecule has 2 aliphatic carbocycles. The van der Waals surface area contributed by atoms with E-state index in [0.29, 0.717) is 18.1 Å². The lowest BCUT2D eigenvalue weighted by Gasteiger charge is -2.30. The Balaban J connectivity index is 1.76. The fourth-order valence-electron chi connectivity index (χ4n) is 3.06. The second kappa shape index (κ2) is 5.31. The number of rotatable bonds is 3. The van der Waals surface area contributed by atoms with Crippen molar-refractivity contribution in [1.29, 1.82) is 0 Å². The Morgan fingerprint density at radius 2 is 1.80 bits per heavy atom. The second-order valence-electron chi connectivity index (χ2n) is 5.48. The zero-order valence-electron chi connectivity index (χ0n) is 9.95. The molecule has 2 heteroatoms. The predicted octanol–water partition coefficient (Wildman–Crippen LogP) is 2.71. The van der Waals surface area contributed by atoms with Crippen molar-refractivity contribution in [3.05, 3.63) is 0 Å². The zero-order chi connectivity index (χ0) is 10.7. The second-order valence-corrected chi connectivity index (χ2v) is 5.48. The van der Waals surface area contributed by atoms with Gasteiger partial charge in [-0.2, -0.15) is 0 Å². The van der Waals surface area contributed by atoms with E-state index in [1.54, 1.807) is 0 Å². The summed E-state index contributed by atoms with van der Waals surface area (Å²) in [4.78, 5) is 0. The van der Waals surface area contributed by atoms with Gasteiger partial charge in [-0.3, -0.25) is 0 Å². The molecule has 2 unspecified atom stereocenters. The lowest BCUT2D eigenvalue weighted by molar-refractivity contribution is -0.0498. The van der Waals surface area contributed by atoms with Gasteiger partial charge < -0.3 is 10.5 Å². The predicted molar refractivity (Wildman–Crippen MR) is 62.7 cm³/mol. The van der Waals surface area contributed by atoms with Crippen LogP contribution in [-0.2, 0) is 4.74 Å². The van der Waals surface area contributed by atoms with Crippen LogP contribution in [0.25, 0.3) is 0 Å². The number of ether oxygens (including phenoxy) is 1. The van der Waals surface area contributed by atoms with E-state index < -0.39 is 0 Å². The summed E-state index contributed by atoms with van der Waals surface area (Å²) in [6, 6.07) is 0. The van der Waals surface area contributed by atoms with Gasteiger partial charge in [0, 0.05) is 0 Å². The molecule has 0 aromatic rings. The van der Waals surface area contributed by atoms with Crippen molar-refractivity contribution in [2.75, 3.05) is 6.54 Å². The average Bonchev–Trinajstić information content (AvgIpc) is 2.69. The average molecular weight is 211 g/mol. The fourth-order valence-corrected chi connectivity index (χ4v) is 3.06. The third-order valence-electron chi connectivity index (χ3n) is 4.22. The quantitative estimate of drug-likeness (QED) is 0.779. The topological polar surface area (TPSA) is 35.2 Å². The first-order valence-corrected chi connectivity index (χ1v) is 6.65. The molecule has 0 aliphatic heterocycles. The van der Waals surface area contributed by atoms with Crippen LogP contribution in [0.15, 0.2) is 0 Å². The summed E-state index contributed by atoms with van der Waals surface area (Å²) in [5.41, 5.74) is 5.77. The highest BCUT2D eigenvalue weighted by molar-refractivity contribution is 4.81. The molecule has 2 aliphatic rings. The van der Waals surface area contributed by atoms with E-state index >= 15 is 0 Å². The van der Waals surface area contributed by atoms with Crippen LogP contribution in [0.3, 0.4) is 0 Å². The van der Waals surface area contributed by atoms with E-state index in [2.05, 4.69) is 6.92 Å². The Labute approximate surface area is 93.6 Å². The largest absolute Gasteiger partial charge is 0.375 e. The lowest BCUT2D eigenvalue weighted by Crippen LogP contribution is -2.31. The third kappa shape index (κ3) is 2.94. The van der Waals surface area contributed by atoms with Crippen molar-refractivity contribution in [1.82, 2.24) is 0 Å². The van der Waals surface area contributed by atoms with Crippen molar-refractivity contribution in [2.24, 2.45) is 17.6 Å². The van der Waals surface area contributed by atoms with E-state index in [1.165, 1.54) is 44.9 Å². The maximum atomic E-state index is 6.22. The molecule has 2 saturated carbocycles. The normalized spacial score (nSPS) is 42.0. The molecule has 0 radical (unpaired) electrons. The van der Waals surface area contributed by atoms with Crippen LogP contribution in [0, 0.1) is 11.8 Å². The minimum atomic E-state index is 0.480. The van der Waals surface area contributed by atoms with E-state index in [4.69, 9.17) is 10.5 Å². The Bertz CT molecular complexity index is 187. The number of hydrogen-bond acceptors (Lipinski definition) is 2. The van der Waals surface area contributed by atoms with Crippen molar-refractivity contribution >= 4 is 0 Å². The molecule has 2 fully saturated rings. The Kier molecular flexibility index (Phi) is 4.04. The van der Waals surface area contributed by atoms with Gasteiger partial charge in [0.2, 0.25) is 0 Å². The summed E-state index contributed by atoms with van der Waals surface area (Å²) in [5, 5.41) is 0. The van der Waals surface area contributed by atoms with Crippen molar-refractivity contribution in [3.8, 4) is 0 Å². The van der Waals surface area contributed by atoms with Gasteiger partial charge in [0.1, 0.15) is 0 Å². The Morgan fingerprint density at radius 3 is 2.47 bits per heavy atom. The molecule has 2 nitrogen and oxygen atoms in total. The molecule has 88 valence electrons. The zero-order valence-corrected chi connectivity index (χ0v) is 9.95. The van der Waals surface area contributed by atoms with E-state index in [9.17, 15) is 0 Å². The maximum absolute atomic E-state index is 6.22. The van der Waals surface area contributed by atoms with Crippen LogP contribution >= 0.6 is 0 Å². The highest BCUT2D eigenvalue weighted by Gasteiger charge is 2.30. The highest BCUT2D eigenvalue weighted by atomic mass is 16.5. The van der Waals surface area contributed by atoms with Gasteiger partial charge in [0.05, 0.1) is 12.2 Å². The van der Waals surface area contributed by atoms with Gasteiger partial charge in [0.25, 0.3) is 0 Å². The summed E-state index contributed by atoms with van der Waals surface area (Å²) >= 11 is 0. The summed E-state index contributed by atoms with van der Waals surface area (Å²) in [6.07, 6.45) is 10.1. The minimum absolute atomic E-state index is 0.480. The van der Waals surface area contributed by atoms with Crippen LogP contribution in [0.5, 0.6) is 0 Å². The molecule has 0 aromatic heterocycles. The van der Waals surface area contributed by atoms with Gasteiger partial charge in [-0.15, -0.1) is 0 Å². The van der Waals surface area contributed by atoms with Crippen LogP contribution in [0.1, 0.15) is 51.9 Å². The molecule has 0 aromatic carbocycles. The molecule has 0 heterocycles. The first kappa shape index (κ1) is 11.4. The summed E-state index contributed by atoms with van der Waals surface area (Å²) in [5.74, 6) is 1.56. The first-order chi connectivity index (χ1) is 7.29. The number of hydrogen-bond donors (Lipinski definition) is 1. The van der Waals surface area contributed by atoms with Crippen molar-refractivity contribution in [2.45, 2.75) is 64.1 Å². The summed E-state index contributed by atoms with van der Waals surface area (Å²) in [6.45, 7) is 3.17. The van der Waals surface area contributed by atoms with Crippen molar-refractivity contribution < 1.29 is 4.74 Å². The monoisotopic (exact) mass is 211 g/mol. The van der Waals surface area contributed by atoms with E-state index in [-0.39, 0.29) is 0 Å². The Morgan fingerprint density at radius 1 is 1.07 bits per heavy atom. The maximum Gasteiger partial charge on any atom is 0.0619 e. The van der Waals surface area contributed by atoms with Gasteiger partial charge in [-0.1, -0.05) is 13.3 Å². The third-order valence-corrected chi connectivity index (χ3v) is 4.22. The van der Waals surface area contributed by atoms with Crippen LogP contribution < -0.4 is 5.73 Å². The number of nitrogens with two attached hydrogens (primary N) is 1. The molecule has 0 amide bonds. The molecule has 0 spiro atoms. The van der Waals surface area contributed by atoms with Crippen molar-refractivity contribution in [3.63, 3.8) is 0 Å². The van der Waals surface area contributed by atoms with Crippen LogP contribution in [-0.4, -0.2) is 18.8 Å². The van der Waals surface area contributed by atoms with Gasteiger partial charge in [0.15, 0.2) is 0 Å². The Hall–Kier alpha value is -0.0800.